The van der Waals surface area contributed by atoms with E-state index in [0.717, 1.165) is 44.0 Å². The van der Waals surface area contributed by atoms with Crippen LogP contribution in [0.25, 0.3) is 0 Å². The maximum absolute atomic E-state index is 11.9. The van der Waals surface area contributed by atoms with Crippen molar-refractivity contribution in [3.63, 3.8) is 0 Å². The molecule has 1 atom stereocenters. The lowest BCUT2D eigenvalue weighted by molar-refractivity contribution is -0.120. The van der Waals surface area contributed by atoms with E-state index in [1.807, 2.05) is 11.6 Å². The molecular weight excluding hydrogens is 290 g/mol. The molecule has 6 nitrogen and oxygen atoms in total. The number of carbonyl (C=O) groups is 1. The number of aromatic nitrogens is 3. The van der Waals surface area contributed by atoms with E-state index in [1.54, 1.807) is 0 Å². The van der Waals surface area contributed by atoms with E-state index in [2.05, 4.69) is 26.8 Å². The van der Waals surface area contributed by atoms with E-state index in [0.29, 0.717) is 12.6 Å². The Bertz CT molecular complexity index is 578. The second-order valence-electron chi connectivity index (χ2n) is 6.58. The van der Waals surface area contributed by atoms with Crippen molar-refractivity contribution in [2.45, 2.75) is 64.5 Å². The lowest BCUT2D eigenvalue weighted by Gasteiger charge is -2.23. The summed E-state index contributed by atoms with van der Waals surface area (Å²) in [7, 11) is 0. The fraction of sp³-hybridized carbons (Fsp3) is 0.706. The first-order chi connectivity index (χ1) is 11.2. The molecule has 3 rings (SSSR count). The van der Waals surface area contributed by atoms with Crippen molar-refractivity contribution in [2.24, 2.45) is 0 Å². The molecule has 23 heavy (non-hydrogen) atoms. The minimum Gasteiger partial charge on any atom is -0.355 e. The third-order valence-corrected chi connectivity index (χ3v) is 4.67. The summed E-state index contributed by atoms with van der Waals surface area (Å²) in [6.07, 6.45) is 10.3. The molecule has 1 aromatic rings. The second kappa shape index (κ2) is 7.73. The summed E-state index contributed by atoms with van der Waals surface area (Å²) in [6.45, 7) is 3.86. The lowest BCUT2D eigenvalue weighted by atomic mass is 9.97. The fourth-order valence-corrected chi connectivity index (χ4v) is 3.39. The molecule has 0 saturated heterocycles. The van der Waals surface area contributed by atoms with Gasteiger partial charge in [-0.3, -0.25) is 4.79 Å². The predicted octanol–water partition coefficient (Wildman–Crippen LogP) is 1.50. The molecule has 1 aliphatic carbocycles. The van der Waals surface area contributed by atoms with Gasteiger partial charge in [-0.15, -0.1) is 0 Å². The SMILES string of the molecule is Cc1nc2n(n1)C[C@H](NCC(=O)NCCC1=CCCCC1)CC2. The quantitative estimate of drug-likeness (QED) is 0.780. The van der Waals surface area contributed by atoms with E-state index >= 15 is 0 Å². The van der Waals surface area contributed by atoms with Crippen molar-refractivity contribution < 1.29 is 4.79 Å². The molecule has 1 aliphatic heterocycles. The molecule has 0 aromatic carbocycles. The van der Waals surface area contributed by atoms with E-state index in [1.165, 1.54) is 31.3 Å². The number of rotatable bonds is 6. The van der Waals surface area contributed by atoms with Gasteiger partial charge in [-0.2, -0.15) is 5.10 Å². The largest absolute Gasteiger partial charge is 0.355 e. The van der Waals surface area contributed by atoms with E-state index in [4.69, 9.17) is 0 Å². The van der Waals surface area contributed by atoms with Crippen molar-refractivity contribution in [2.75, 3.05) is 13.1 Å². The summed E-state index contributed by atoms with van der Waals surface area (Å²) < 4.78 is 1.96. The molecule has 0 spiro atoms. The fourth-order valence-electron chi connectivity index (χ4n) is 3.39. The number of allylic oxidation sites excluding steroid dienone is 1. The number of hydrogen-bond donors (Lipinski definition) is 2. The van der Waals surface area contributed by atoms with Gasteiger partial charge in [0, 0.05) is 19.0 Å². The Balaban J connectivity index is 1.34. The van der Waals surface area contributed by atoms with Crippen LogP contribution in [0, 0.1) is 6.92 Å². The maximum Gasteiger partial charge on any atom is 0.233 e. The van der Waals surface area contributed by atoms with Crippen molar-refractivity contribution in [3.8, 4) is 0 Å². The van der Waals surface area contributed by atoms with Gasteiger partial charge in [0.25, 0.3) is 0 Å². The topological polar surface area (TPSA) is 71.8 Å². The highest BCUT2D eigenvalue weighted by Gasteiger charge is 2.20. The molecule has 0 fully saturated rings. The predicted molar refractivity (Wildman–Crippen MR) is 89.0 cm³/mol. The summed E-state index contributed by atoms with van der Waals surface area (Å²) in [5.74, 6) is 1.98. The van der Waals surface area contributed by atoms with Gasteiger partial charge in [0.05, 0.1) is 13.1 Å². The Morgan fingerprint density at radius 2 is 2.30 bits per heavy atom. The number of aryl methyl sites for hydroxylation is 2. The van der Waals surface area contributed by atoms with Gasteiger partial charge in [-0.1, -0.05) is 11.6 Å². The van der Waals surface area contributed by atoms with Crippen LogP contribution in [0.15, 0.2) is 11.6 Å². The highest BCUT2D eigenvalue weighted by molar-refractivity contribution is 5.78. The van der Waals surface area contributed by atoms with Crippen LogP contribution in [-0.2, 0) is 17.8 Å². The summed E-state index contributed by atoms with van der Waals surface area (Å²) in [5.41, 5.74) is 1.51. The van der Waals surface area contributed by atoms with E-state index < -0.39 is 0 Å². The first kappa shape index (κ1) is 16.2. The lowest BCUT2D eigenvalue weighted by Crippen LogP contribution is -2.43. The normalized spacial score (nSPS) is 20.7. The average Bonchev–Trinajstić information content (AvgIpc) is 2.93. The molecule has 0 radical (unpaired) electrons. The Kier molecular flexibility index (Phi) is 5.43. The van der Waals surface area contributed by atoms with Crippen molar-refractivity contribution in [3.05, 3.63) is 23.3 Å². The summed E-state index contributed by atoms with van der Waals surface area (Å²) in [5, 5.41) is 10.7. The maximum atomic E-state index is 11.9. The van der Waals surface area contributed by atoms with Gasteiger partial charge in [0.1, 0.15) is 11.6 Å². The van der Waals surface area contributed by atoms with Crippen LogP contribution < -0.4 is 10.6 Å². The zero-order chi connectivity index (χ0) is 16.1. The van der Waals surface area contributed by atoms with Gasteiger partial charge in [-0.25, -0.2) is 9.67 Å². The van der Waals surface area contributed by atoms with Gasteiger partial charge >= 0.3 is 0 Å². The number of hydrogen-bond acceptors (Lipinski definition) is 4. The highest BCUT2D eigenvalue weighted by atomic mass is 16.1. The summed E-state index contributed by atoms with van der Waals surface area (Å²) in [4.78, 5) is 16.4. The zero-order valence-corrected chi connectivity index (χ0v) is 14.0. The molecule has 1 amide bonds. The Morgan fingerprint density at radius 3 is 3.13 bits per heavy atom. The van der Waals surface area contributed by atoms with Crippen molar-refractivity contribution >= 4 is 5.91 Å². The smallest absolute Gasteiger partial charge is 0.233 e. The summed E-state index contributed by atoms with van der Waals surface area (Å²) in [6, 6.07) is 0.301. The van der Waals surface area contributed by atoms with Crippen LogP contribution in [0.4, 0.5) is 0 Å². The van der Waals surface area contributed by atoms with E-state index in [9.17, 15) is 4.79 Å². The molecule has 0 saturated carbocycles. The molecule has 2 heterocycles. The van der Waals surface area contributed by atoms with Crippen LogP contribution in [0.3, 0.4) is 0 Å². The number of fused-ring (bicyclic) bond motifs is 1. The van der Waals surface area contributed by atoms with E-state index in [-0.39, 0.29) is 5.91 Å². The Hall–Kier alpha value is -1.69. The molecular formula is C17H27N5O. The minimum atomic E-state index is 0.0852. The van der Waals surface area contributed by atoms with Gasteiger partial charge in [0.15, 0.2) is 0 Å². The summed E-state index contributed by atoms with van der Waals surface area (Å²) >= 11 is 0. The minimum absolute atomic E-state index is 0.0852. The second-order valence-corrected chi connectivity index (χ2v) is 6.58. The zero-order valence-electron chi connectivity index (χ0n) is 14.0. The van der Waals surface area contributed by atoms with Gasteiger partial charge in [-0.05, 0) is 45.4 Å². The Morgan fingerprint density at radius 1 is 1.39 bits per heavy atom. The number of carbonyl (C=O) groups excluding carboxylic acids is 1. The first-order valence-electron chi connectivity index (χ1n) is 8.79. The average molecular weight is 317 g/mol. The van der Waals surface area contributed by atoms with Crippen LogP contribution in [-0.4, -0.2) is 39.8 Å². The van der Waals surface area contributed by atoms with Crippen LogP contribution >= 0.6 is 0 Å². The monoisotopic (exact) mass is 317 g/mol. The molecule has 0 unspecified atom stereocenters. The highest BCUT2D eigenvalue weighted by Crippen LogP contribution is 2.19. The van der Waals surface area contributed by atoms with Gasteiger partial charge < -0.3 is 10.6 Å². The molecule has 6 heteroatoms. The Labute approximate surface area is 137 Å². The number of nitrogens with one attached hydrogen (secondary N) is 2. The standard InChI is InChI=1S/C17H27N5O/c1-13-20-16-8-7-15(12-22(16)21-13)19-11-17(23)18-10-9-14-5-3-2-4-6-14/h5,15,19H,2-4,6-12H2,1H3,(H,18,23)/t15-/m1/s1. The number of amides is 1. The van der Waals surface area contributed by atoms with Gasteiger partial charge in [0.2, 0.25) is 5.91 Å². The van der Waals surface area contributed by atoms with Crippen molar-refractivity contribution in [1.82, 2.24) is 25.4 Å². The third kappa shape index (κ3) is 4.64. The first-order valence-corrected chi connectivity index (χ1v) is 8.79. The number of nitrogens with zero attached hydrogens (tertiary/aromatic N) is 3. The third-order valence-electron chi connectivity index (χ3n) is 4.67. The molecule has 2 aliphatic rings. The molecule has 2 N–H and O–H groups in total. The molecule has 0 bridgehead atoms. The van der Waals surface area contributed by atoms with Crippen LogP contribution in [0.5, 0.6) is 0 Å². The van der Waals surface area contributed by atoms with Crippen LogP contribution in [0.2, 0.25) is 0 Å². The van der Waals surface area contributed by atoms with Crippen molar-refractivity contribution in [1.29, 1.82) is 0 Å². The van der Waals surface area contributed by atoms with Crippen LogP contribution in [0.1, 0.15) is 50.2 Å². The molecule has 1 aromatic heterocycles. The molecule has 126 valence electrons.